The molecular formula is C16H22FN5O2. The van der Waals surface area contributed by atoms with Crippen molar-refractivity contribution >= 4 is 11.6 Å². The lowest BCUT2D eigenvalue weighted by molar-refractivity contribution is 0.210. The van der Waals surface area contributed by atoms with Crippen molar-refractivity contribution in [3.05, 3.63) is 36.4 Å². The van der Waals surface area contributed by atoms with Gasteiger partial charge >= 0.3 is 12.1 Å². The second-order valence-corrected chi connectivity index (χ2v) is 4.89. The normalized spacial score (nSPS) is 10.5. The Labute approximate surface area is 140 Å². The summed E-state index contributed by atoms with van der Waals surface area (Å²) in [6, 6.07) is 9.97. The second kappa shape index (κ2) is 9.61. The van der Waals surface area contributed by atoms with Crippen LogP contribution < -0.4 is 15.0 Å². The van der Waals surface area contributed by atoms with E-state index in [9.17, 15) is 4.39 Å². The molecule has 1 heterocycles. The van der Waals surface area contributed by atoms with Crippen molar-refractivity contribution in [1.29, 1.82) is 0 Å². The largest absolute Gasteiger partial charge is 0.461 e. The van der Waals surface area contributed by atoms with Crippen molar-refractivity contribution < 1.29 is 13.9 Å². The molecule has 0 saturated carbocycles. The molecule has 1 aromatic carbocycles. The van der Waals surface area contributed by atoms with Crippen LogP contribution in [-0.4, -0.2) is 54.9 Å². The minimum atomic E-state index is -0.879. The number of aromatic nitrogens is 3. The second-order valence-electron chi connectivity index (χ2n) is 4.89. The van der Waals surface area contributed by atoms with Gasteiger partial charge in [0.2, 0.25) is 5.95 Å². The summed E-state index contributed by atoms with van der Waals surface area (Å²) in [5.41, 5.74) is 1.10. The van der Waals surface area contributed by atoms with E-state index >= 15 is 0 Å². The summed E-state index contributed by atoms with van der Waals surface area (Å²) >= 11 is 0. The highest BCUT2D eigenvalue weighted by Gasteiger charge is 2.08. The SMILES string of the molecule is CCN(CCOc1nc(F)nc(NCCOC)n1)c1ccccc1. The van der Waals surface area contributed by atoms with E-state index in [4.69, 9.17) is 9.47 Å². The summed E-state index contributed by atoms with van der Waals surface area (Å²) in [6.07, 6.45) is -0.879. The van der Waals surface area contributed by atoms with Crippen LogP contribution in [0.3, 0.4) is 0 Å². The average molecular weight is 335 g/mol. The summed E-state index contributed by atoms with van der Waals surface area (Å²) in [5.74, 6) is 0.130. The Kier molecular flexibility index (Phi) is 7.16. The molecule has 2 aromatic rings. The average Bonchev–Trinajstić information content (AvgIpc) is 2.59. The Morgan fingerprint density at radius 3 is 2.62 bits per heavy atom. The van der Waals surface area contributed by atoms with E-state index in [1.165, 1.54) is 0 Å². The lowest BCUT2D eigenvalue weighted by atomic mass is 10.3. The van der Waals surface area contributed by atoms with Gasteiger partial charge in [-0.15, -0.1) is 4.98 Å². The van der Waals surface area contributed by atoms with E-state index in [2.05, 4.69) is 32.1 Å². The minimum absolute atomic E-state index is 0.0356. The zero-order valence-electron chi connectivity index (χ0n) is 13.9. The molecule has 0 saturated heterocycles. The maximum Gasteiger partial charge on any atom is 0.323 e. The molecule has 0 aliphatic rings. The van der Waals surface area contributed by atoms with E-state index < -0.39 is 6.08 Å². The molecule has 0 atom stereocenters. The Balaban J connectivity index is 1.89. The first-order valence-corrected chi connectivity index (χ1v) is 7.80. The van der Waals surface area contributed by atoms with Crippen molar-refractivity contribution in [1.82, 2.24) is 15.0 Å². The molecule has 0 radical (unpaired) electrons. The number of hydrogen-bond donors (Lipinski definition) is 1. The number of rotatable bonds is 10. The summed E-state index contributed by atoms with van der Waals surface area (Å²) in [6.45, 7) is 4.81. The topological polar surface area (TPSA) is 72.4 Å². The number of nitrogens with zero attached hydrogens (tertiary/aromatic N) is 4. The lowest BCUT2D eigenvalue weighted by Gasteiger charge is -2.22. The third kappa shape index (κ3) is 5.62. The maximum absolute atomic E-state index is 13.4. The molecule has 2 rings (SSSR count). The first kappa shape index (κ1) is 17.9. The molecule has 0 aliphatic carbocycles. The van der Waals surface area contributed by atoms with Crippen LogP contribution in [0.15, 0.2) is 30.3 Å². The summed E-state index contributed by atoms with van der Waals surface area (Å²) in [5, 5.41) is 2.85. The van der Waals surface area contributed by atoms with Crippen molar-refractivity contribution in [2.75, 3.05) is 50.2 Å². The van der Waals surface area contributed by atoms with Crippen LogP contribution in [0.25, 0.3) is 0 Å². The van der Waals surface area contributed by atoms with E-state index in [-0.39, 0.29) is 12.0 Å². The predicted molar refractivity (Wildman–Crippen MR) is 90.0 cm³/mol. The molecule has 8 heteroatoms. The zero-order valence-corrected chi connectivity index (χ0v) is 13.9. The fraction of sp³-hybridized carbons (Fsp3) is 0.438. The standard InChI is InChI=1S/C16H22FN5O2/c1-3-22(13-7-5-4-6-8-13)10-12-24-16-20-14(17)19-15(21-16)18-9-11-23-2/h4-8H,3,9-12H2,1-2H3,(H,18,19,20,21). The summed E-state index contributed by atoms with van der Waals surface area (Å²) in [7, 11) is 1.58. The van der Waals surface area contributed by atoms with Gasteiger partial charge in [0, 0.05) is 25.9 Å². The molecule has 24 heavy (non-hydrogen) atoms. The number of likely N-dealkylation sites (N-methyl/N-ethyl adjacent to an activating group) is 1. The molecule has 7 nitrogen and oxygen atoms in total. The van der Waals surface area contributed by atoms with Crippen molar-refractivity contribution in [2.24, 2.45) is 0 Å². The first-order chi connectivity index (χ1) is 11.7. The highest BCUT2D eigenvalue weighted by Crippen LogP contribution is 2.13. The van der Waals surface area contributed by atoms with E-state index in [1.807, 2.05) is 30.3 Å². The number of halogens is 1. The fourth-order valence-electron chi connectivity index (χ4n) is 2.10. The Morgan fingerprint density at radius 2 is 1.92 bits per heavy atom. The van der Waals surface area contributed by atoms with Gasteiger partial charge in [-0.1, -0.05) is 18.2 Å². The van der Waals surface area contributed by atoms with E-state index in [1.54, 1.807) is 7.11 Å². The van der Waals surface area contributed by atoms with Crippen molar-refractivity contribution in [3.8, 4) is 6.01 Å². The van der Waals surface area contributed by atoms with E-state index in [0.717, 1.165) is 12.2 Å². The number of benzene rings is 1. The Bertz CT molecular complexity index is 615. The van der Waals surface area contributed by atoms with Gasteiger partial charge in [-0.3, -0.25) is 0 Å². The maximum atomic E-state index is 13.4. The molecular weight excluding hydrogens is 313 g/mol. The molecule has 1 aromatic heterocycles. The number of ether oxygens (including phenoxy) is 2. The number of para-hydroxylation sites is 1. The Morgan fingerprint density at radius 1 is 1.12 bits per heavy atom. The number of anilines is 2. The predicted octanol–water partition coefficient (Wildman–Crippen LogP) is 1.97. The van der Waals surface area contributed by atoms with Crippen LogP contribution >= 0.6 is 0 Å². The minimum Gasteiger partial charge on any atom is -0.461 e. The van der Waals surface area contributed by atoms with Crippen LogP contribution in [0.1, 0.15) is 6.92 Å². The number of methoxy groups -OCH3 is 1. The number of nitrogens with one attached hydrogen (secondary N) is 1. The molecule has 130 valence electrons. The summed E-state index contributed by atoms with van der Waals surface area (Å²) in [4.78, 5) is 13.3. The van der Waals surface area contributed by atoms with Gasteiger partial charge in [-0.25, -0.2) is 0 Å². The molecule has 1 N–H and O–H groups in total. The van der Waals surface area contributed by atoms with Gasteiger partial charge in [0.15, 0.2) is 0 Å². The molecule has 0 aliphatic heterocycles. The van der Waals surface area contributed by atoms with Crippen molar-refractivity contribution in [2.45, 2.75) is 6.92 Å². The van der Waals surface area contributed by atoms with Gasteiger partial charge in [0.25, 0.3) is 0 Å². The van der Waals surface area contributed by atoms with Crippen LogP contribution in [-0.2, 0) is 4.74 Å². The quantitative estimate of drug-likeness (QED) is 0.666. The van der Waals surface area contributed by atoms with Crippen LogP contribution in [0, 0.1) is 6.08 Å². The molecule has 0 bridgehead atoms. The van der Waals surface area contributed by atoms with Gasteiger partial charge in [-0.2, -0.15) is 14.4 Å². The van der Waals surface area contributed by atoms with Crippen LogP contribution in [0.2, 0.25) is 0 Å². The van der Waals surface area contributed by atoms with Gasteiger partial charge in [-0.05, 0) is 19.1 Å². The molecule has 0 fully saturated rings. The number of hydrogen-bond acceptors (Lipinski definition) is 7. The van der Waals surface area contributed by atoms with Gasteiger partial charge in [0.05, 0.1) is 13.2 Å². The van der Waals surface area contributed by atoms with Crippen molar-refractivity contribution in [3.63, 3.8) is 0 Å². The van der Waals surface area contributed by atoms with E-state index in [0.29, 0.717) is 26.3 Å². The third-order valence-corrected chi connectivity index (χ3v) is 3.27. The lowest BCUT2D eigenvalue weighted by Crippen LogP contribution is -2.28. The highest BCUT2D eigenvalue weighted by atomic mass is 19.1. The zero-order chi connectivity index (χ0) is 17.2. The van der Waals surface area contributed by atoms with Crippen LogP contribution in [0.4, 0.5) is 16.0 Å². The fourth-order valence-corrected chi connectivity index (χ4v) is 2.10. The Hall–Kier alpha value is -2.48. The van der Waals surface area contributed by atoms with Gasteiger partial charge in [0.1, 0.15) is 6.61 Å². The highest BCUT2D eigenvalue weighted by molar-refractivity contribution is 5.45. The smallest absolute Gasteiger partial charge is 0.323 e. The van der Waals surface area contributed by atoms with Gasteiger partial charge < -0.3 is 19.7 Å². The molecule has 0 spiro atoms. The monoisotopic (exact) mass is 335 g/mol. The molecule has 0 amide bonds. The van der Waals surface area contributed by atoms with Crippen LogP contribution in [0.5, 0.6) is 6.01 Å². The summed E-state index contributed by atoms with van der Waals surface area (Å²) < 4.78 is 23.8. The molecule has 0 unspecified atom stereocenters. The first-order valence-electron chi connectivity index (χ1n) is 7.80. The third-order valence-electron chi connectivity index (χ3n) is 3.27.